The highest BCUT2D eigenvalue weighted by Gasteiger charge is 2.27. The maximum Gasteiger partial charge on any atom is 0.330 e. The Kier molecular flexibility index (Phi) is 14.7. The molecule has 0 amide bonds. The predicted molar refractivity (Wildman–Crippen MR) is 84.3 cm³/mol. The highest BCUT2D eigenvalue weighted by molar-refractivity contribution is 9.25. The van der Waals surface area contributed by atoms with Crippen LogP contribution in [-0.4, -0.2) is 48.3 Å². The van der Waals surface area contributed by atoms with E-state index in [9.17, 15) is 9.59 Å². The highest BCUT2D eigenvalue weighted by Crippen LogP contribution is 2.28. The summed E-state index contributed by atoms with van der Waals surface area (Å²) in [7, 11) is 0. The lowest BCUT2D eigenvalue weighted by atomic mass is 10.3. The summed E-state index contributed by atoms with van der Waals surface area (Å²) in [4.78, 5) is 19.2. The van der Waals surface area contributed by atoms with Crippen molar-refractivity contribution >= 4 is 43.8 Å². The van der Waals surface area contributed by atoms with Gasteiger partial charge in [-0.2, -0.15) is 0 Å². The molecule has 0 aliphatic carbocycles. The van der Waals surface area contributed by atoms with Gasteiger partial charge in [-0.05, 0) is 20.8 Å². The van der Waals surface area contributed by atoms with Crippen LogP contribution in [0.1, 0.15) is 20.8 Å². The summed E-state index contributed by atoms with van der Waals surface area (Å²) in [6, 6.07) is 0. The number of carboxylic acid groups (broad SMARTS) is 2. The summed E-state index contributed by atoms with van der Waals surface area (Å²) in [5, 5.41) is 33.1. The molecular formula is C12H20Br2O6. The first-order valence-electron chi connectivity index (χ1n) is 5.23. The Morgan fingerprint density at radius 2 is 1.30 bits per heavy atom. The summed E-state index contributed by atoms with van der Waals surface area (Å²) >= 11 is 6.12. The van der Waals surface area contributed by atoms with Gasteiger partial charge in [0.15, 0.2) is 0 Å². The Bertz CT molecular complexity index is 302. The summed E-state index contributed by atoms with van der Waals surface area (Å²) in [5.74, 6) is -1.87. The first-order valence-corrected chi connectivity index (χ1v) is 6.82. The summed E-state index contributed by atoms with van der Waals surface area (Å²) < 4.78 is -0.722. The number of halogens is 2. The van der Waals surface area contributed by atoms with Crippen molar-refractivity contribution in [3.8, 4) is 0 Å². The number of rotatable bonds is 4. The quantitative estimate of drug-likeness (QED) is 0.410. The molecule has 0 saturated heterocycles. The molecule has 6 nitrogen and oxygen atoms in total. The zero-order valence-electron chi connectivity index (χ0n) is 11.6. The Balaban J connectivity index is -0.000000221. The molecule has 0 saturated carbocycles. The molecule has 0 rings (SSSR count). The van der Waals surface area contributed by atoms with E-state index < -0.39 is 21.3 Å². The van der Waals surface area contributed by atoms with Crippen LogP contribution in [0.25, 0.3) is 0 Å². The number of hydrogen-bond acceptors (Lipinski definition) is 4. The van der Waals surface area contributed by atoms with Gasteiger partial charge in [0.1, 0.15) is 3.23 Å². The summed E-state index contributed by atoms with van der Waals surface area (Å²) in [5.41, 5.74) is 0.352. The summed E-state index contributed by atoms with van der Waals surface area (Å²) in [6.07, 6.45) is -0.604. The zero-order chi connectivity index (χ0) is 17.1. The standard InChI is InChI=1S/C4H8Br2O2.2C4H6O2/c1-3(8)4(5,6)2-7;2*1-3(2)4(5)6/h3,7-8H,2H2,1H3;2*1H2,2H3,(H,5,6). The Morgan fingerprint density at radius 1 is 1.10 bits per heavy atom. The van der Waals surface area contributed by atoms with Gasteiger partial charge in [0.25, 0.3) is 0 Å². The van der Waals surface area contributed by atoms with Crippen LogP contribution in [0.4, 0.5) is 0 Å². The van der Waals surface area contributed by atoms with Crippen molar-refractivity contribution in [2.24, 2.45) is 0 Å². The van der Waals surface area contributed by atoms with Crippen LogP contribution in [0.15, 0.2) is 24.3 Å². The van der Waals surface area contributed by atoms with Gasteiger partial charge in [-0.1, -0.05) is 45.0 Å². The van der Waals surface area contributed by atoms with E-state index in [-0.39, 0.29) is 17.8 Å². The molecule has 118 valence electrons. The molecule has 4 N–H and O–H groups in total. The molecule has 0 heterocycles. The molecule has 0 fully saturated rings. The van der Waals surface area contributed by atoms with Crippen LogP contribution in [0.5, 0.6) is 0 Å². The third-order valence-corrected chi connectivity index (χ3v) is 3.38. The number of aliphatic hydroxyl groups is 2. The van der Waals surface area contributed by atoms with E-state index in [1.807, 2.05) is 0 Å². The maximum absolute atomic E-state index is 9.60. The fraction of sp³-hybridized carbons (Fsp3) is 0.500. The Labute approximate surface area is 135 Å². The average Bonchev–Trinajstić information content (AvgIpc) is 2.30. The molecule has 0 aliphatic rings. The van der Waals surface area contributed by atoms with Gasteiger partial charge in [0.05, 0.1) is 12.7 Å². The van der Waals surface area contributed by atoms with Gasteiger partial charge in [-0.25, -0.2) is 9.59 Å². The SMILES string of the molecule is C=C(C)C(=O)O.C=C(C)C(=O)O.CC(O)C(Br)(Br)CO. The molecule has 0 bridgehead atoms. The number of carbonyl (C=O) groups is 2. The third-order valence-electron chi connectivity index (χ3n) is 1.55. The highest BCUT2D eigenvalue weighted by atomic mass is 79.9. The number of aliphatic carboxylic acids is 2. The van der Waals surface area contributed by atoms with E-state index in [1.54, 1.807) is 6.92 Å². The van der Waals surface area contributed by atoms with E-state index >= 15 is 0 Å². The van der Waals surface area contributed by atoms with Gasteiger partial charge in [0.2, 0.25) is 0 Å². The average molecular weight is 420 g/mol. The molecular weight excluding hydrogens is 400 g/mol. The lowest BCUT2D eigenvalue weighted by molar-refractivity contribution is -0.133. The molecule has 8 heteroatoms. The minimum Gasteiger partial charge on any atom is -0.478 e. The number of carboxylic acids is 2. The van der Waals surface area contributed by atoms with Crippen LogP contribution in [0.3, 0.4) is 0 Å². The predicted octanol–water partition coefficient (Wildman–Crippen LogP) is 2.14. The normalized spacial score (nSPS) is 10.9. The second-order valence-corrected chi connectivity index (χ2v) is 7.66. The van der Waals surface area contributed by atoms with Gasteiger partial charge in [0, 0.05) is 11.1 Å². The fourth-order valence-corrected chi connectivity index (χ4v) is 0.132. The van der Waals surface area contributed by atoms with E-state index in [2.05, 4.69) is 45.0 Å². The molecule has 20 heavy (non-hydrogen) atoms. The van der Waals surface area contributed by atoms with Crippen LogP contribution >= 0.6 is 31.9 Å². The van der Waals surface area contributed by atoms with E-state index in [0.29, 0.717) is 0 Å². The van der Waals surface area contributed by atoms with Crippen molar-refractivity contribution in [3.05, 3.63) is 24.3 Å². The van der Waals surface area contributed by atoms with Crippen LogP contribution in [0.2, 0.25) is 0 Å². The van der Waals surface area contributed by atoms with Crippen LogP contribution < -0.4 is 0 Å². The first-order chi connectivity index (χ1) is 8.79. The van der Waals surface area contributed by atoms with Gasteiger partial charge in [-0.15, -0.1) is 0 Å². The van der Waals surface area contributed by atoms with Crippen molar-refractivity contribution < 1.29 is 30.0 Å². The Morgan fingerprint density at radius 3 is 1.30 bits per heavy atom. The monoisotopic (exact) mass is 418 g/mol. The van der Waals surface area contributed by atoms with Crippen molar-refractivity contribution in [1.29, 1.82) is 0 Å². The largest absolute Gasteiger partial charge is 0.478 e. The molecule has 0 radical (unpaired) electrons. The fourth-order valence-electron chi connectivity index (χ4n) is 0.132. The second kappa shape index (κ2) is 12.1. The topological polar surface area (TPSA) is 115 Å². The summed E-state index contributed by atoms with van der Waals surface area (Å²) in [6.45, 7) is 10.7. The molecule has 0 aliphatic heterocycles. The van der Waals surface area contributed by atoms with Gasteiger partial charge in [-0.3, -0.25) is 0 Å². The molecule has 1 unspecified atom stereocenters. The van der Waals surface area contributed by atoms with Crippen molar-refractivity contribution in [3.63, 3.8) is 0 Å². The van der Waals surface area contributed by atoms with Crippen LogP contribution in [0, 0.1) is 0 Å². The smallest absolute Gasteiger partial charge is 0.330 e. The first kappa shape index (κ1) is 24.3. The molecule has 0 aromatic carbocycles. The van der Waals surface area contributed by atoms with E-state index in [1.165, 1.54) is 13.8 Å². The molecule has 0 spiro atoms. The number of alkyl halides is 2. The minimum atomic E-state index is -0.935. The third kappa shape index (κ3) is 17.3. The lowest BCUT2D eigenvalue weighted by Crippen LogP contribution is -2.30. The molecule has 0 aromatic heterocycles. The van der Waals surface area contributed by atoms with Crippen molar-refractivity contribution in [2.45, 2.75) is 30.1 Å². The van der Waals surface area contributed by atoms with Crippen molar-refractivity contribution in [1.82, 2.24) is 0 Å². The van der Waals surface area contributed by atoms with E-state index in [0.717, 1.165) is 0 Å². The van der Waals surface area contributed by atoms with Gasteiger partial charge >= 0.3 is 11.9 Å². The molecule has 1 atom stereocenters. The van der Waals surface area contributed by atoms with Gasteiger partial charge < -0.3 is 20.4 Å². The van der Waals surface area contributed by atoms with Crippen molar-refractivity contribution in [2.75, 3.05) is 6.61 Å². The minimum absolute atomic E-state index is 0.134. The van der Waals surface area contributed by atoms with Crippen LogP contribution in [-0.2, 0) is 9.59 Å². The zero-order valence-corrected chi connectivity index (χ0v) is 14.7. The second-order valence-electron chi connectivity index (χ2n) is 3.77. The molecule has 0 aromatic rings. The maximum atomic E-state index is 9.60. The Hall–Kier alpha value is -0.700. The lowest BCUT2D eigenvalue weighted by Gasteiger charge is -2.19. The number of aliphatic hydroxyl groups excluding tert-OH is 2. The number of hydrogen-bond donors (Lipinski definition) is 4. The van der Waals surface area contributed by atoms with E-state index in [4.69, 9.17) is 20.4 Å².